The van der Waals surface area contributed by atoms with Crippen LogP contribution in [0.1, 0.15) is 32.2 Å². The molecule has 1 aromatic heterocycles. The van der Waals surface area contributed by atoms with Gasteiger partial charge in [-0.1, -0.05) is 41.9 Å². The van der Waals surface area contributed by atoms with Gasteiger partial charge < -0.3 is 14.8 Å². The highest BCUT2D eigenvalue weighted by Gasteiger charge is 2.19. The fourth-order valence-electron chi connectivity index (χ4n) is 2.94. The molecule has 8 nitrogen and oxygen atoms in total. The molecule has 2 aromatic carbocycles. The number of esters is 1. The summed E-state index contributed by atoms with van der Waals surface area (Å²) in [7, 11) is 0. The van der Waals surface area contributed by atoms with Gasteiger partial charge >= 0.3 is 11.7 Å². The lowest BCUT2D eigenvalue weighted by molar-refractivity contribution is -0.136. The minimum atomic E-state index is -0.707. The lowest BCUT2D eigenvalue weighted by Crippen LogP contribution is -2.29. The molecule has 0 amide bonds. The van der Waals surface area contributed by atoms with E-state index in [4.69, 9.17) is 32.7 Å². The molecule has 1 N–H and O–H groups in total. The predicted molar refractivity (Wildman–Crippen MR) is 133 cm³/mol. The Kier molecular flexibility index (Phi) is 8.31. The van der Waals surface area contributed by atoms with E-state index < -0.39 is 11.7 Å². The molecule has 0 radical (unpaired) electrons. The molecule has 0 saturated heterocycles. The van der Waals surface area contributed by atoms with Crippen molar-refractivity contribution >= 4 is 46.4 Å². The van der Waals surface area contributed by atoms with Crippen molar-refractivity contribution in [1.82, 2.24) is 14.5 Å². The molecule has 10 heteroatoms. The van der Waals surface area contributed by atoms with E-state index in [2.05, 4.69) is 21.9 Å². The van der Waals surface area contributed by atoms with Crippen LogP contribution in [0, 0.1) is 0 Å². The number of ether oxygens (including phenoxy) is 2. The Morgan fingerprint density at radius 1 is 1.15 bits per heavy atom. The second-order valence-electron chi connectivity index (χ2n) is 7.50. The Balaban J connectivity index is 2.02. The fourth-order valence-corrected chi connectivity index (χ4v) is 3.29. The zero-order valence-corrected chi connectivity index (χ0v) is 20.5. The van der Waals surface area contributed by atoms with Gasteiger partial charge in [0, 0.05) is 10.7 Å². The molecule has 178 valence electrons. The predicted octanol–water partition coefficient (Wildman–Crippen LogP) is 5.10. The van der Waals surface area contributed by atoms with E-state index in [9.17, 15) is 9.59 Å². The summed E-state index contributed by atoms with van der Waals surface area (Å²) in [5.74, 6) is -0.172. The number of nitrogens with one attached hydrogen (secondary N) is 1. The highest BCUT2D eigenvalue weighted by Crippen LogP contribution is 2.29. The van der Waals surface area contributed by atoms with Crippen LogP contribution in [0.25, 0.3) is 5.57 Å². The standard InChI is InChI=1S/C24H24Cl2N4O4/c1-5-33-22(31)15(4)21-28-23(27-18-10-11-20(19(26)12-18)34-14(2)3)30(24(32)29-21)13-16-6-8-17(25)9-7-16/h6-12,14H,4-5,13H2,1-3H3,(H,27,28,29,32). The summed E-state index contributed by atoms with van der Waals surface area (Å²) in [6.45, 7) is 9.46. The number of carbonyl (C=O) groups is 1. The van der Waals surface area contributed by atoms with Gasteiger partial charge in [0.05, 0.1) is 29.9 Å². The summed E-state index contributed by atoms with van der Waals surface area (Å²) in [4.78, 5) is 33.4. The van der Waals surface area contributed by atoms with Crippen LogP contribution < -0.4 is 15.7 Å². The number of carbonyl (C=O) groups excluding carboxylic acids is 1. The fraction of sp³-hybridized carbons (Fsp3) is 0.250. The number of halogens is 2. The summed E-state index contributed by atoms with van der Waals surface area (Å²) in [5, 5.41) is 4.04. The average Bonchev–Trinajstić information content (AvgIpc) is 2.78. The Morgan fingerprint density at radius 3 is 2.47 bits per heavy atom. The monoisotopic (exact) mass is 502 g/mol. The maximum atomic E-state index is 13.0. The van der Waals surface area contributed by atoms with Crippen molar-refractivity contribution in [2.75, 3.05) is 11.9 Å². The third kappa shape index (κ3) is 6.36. The first kappa shape index (κ1) is 25.3. The second kappa shape index (κ2) is 11.2. The van der Waals surface area contributed by atoms with Crippen LogP contribution in [0.15, 0.2) is 53.8 Å². The summed E-state index contributed by atoms with van der Waals surface area (Å²) < 4.78 is 12.0. The van der Waals surface area contributed by atoms with Crippen molar-refractivity contribution in [2.45, 2.75) is 33.4 Å². The van der Waals surface area contributed by atoms with Crippen LogP contribution in [0.2, 0.25) is 10.0 Å². The normalized spacial score (nSPS) is 10.8. The molecular weight excluding hydrogens is 479 g/mol. The van der Waals surface area contributed by atoms with E-state index in [0.29, 0.717) is 21.5 Å². The van der Waals surface area contributed by atoms with Crippen molar-refractivity contribution in [2.24, 2.45) is 0 Å². The highest BCUT2D eigenvalue weighted by atomic mass is 35.5. The molecular formula is C24H24Cl2N4O4. The Morgan fingerprint density at radius 2 is 1.85 bits per heavy atom. The number of benzene rings is 2. The van der Waals surface area contributed by atoms with Crippen molar-refractivity contribution in [3.8, 4) is 5.75 Å². The molecule has 0 bridgehead atoms. The number of anilines is 2. The van der Waals surface area contributed by atoms with E-state index in [1.165, 1.54) is 4.57 Å². The number of aromatic nitrogens is 3. The van der Waals surface area contributed by atoms with Gasteiger partial charge in [-0.25, -0.2) is 9.59 Å². The number of nitrogens with zero attached hydrogens (tertiary/aromatic N) is 3. The largest absolute Gasteiger partial charge is 0.489 e. The lowest BCUT2D eigenvalue weighted by atomic mass is 10.2. The minimum absolute atomic E-state index is 0.0424. The van der Waals surface area contributed by atoms with E-state index in [0.717, 1.165) is 5.56 Å². The molecule has 0 unspecified atom stereocenters. The third-order valence-corrected chi connectivity index (χ3v) is 5.04. The van der Waals surface area contributed by atoms with E-state index >= 15 is 0 Å². The van der Waals surface area contributed by atoms with E-state index in [-0.39, 0.29) is 36.6 Å². The topological polar surface area (TPSA) is 95.3 Å². The zero-order valence-electron chi connectivity index (χ0n) is 19.0. The van der Waals surface area contributed by atoms with Crippen LogP contribution in [0.4, 0.5) is 11.6 Å². The van der Waals surface area contributed by atoms with Gasteiger partial charge in [-0.3, -0.25) is 4.57 Å². The number of rotatable bonds is 9. The number of hydrogen-bond donors (Lipinski definition) is 1. The van der Waals surface area contributed by atoms with Crippen molar-refractivity contribution < 1.29 is 14.3 Å². The van der Waals surface area contributed by atoms with Crippen LogP contribution in [-0.2, 0) is 16.1 Å². The van der Waals surface area contributed by atoms with Gasteiger partial charge in [0.1, 0.15) is 5.75 Å². The van der Waals surface area contributed by atoms with Crippen LogP contribution in [0.3, 0.4) is 0 Å². The smallest absolute Gasteiger partial charge is 0.352 e. The molecule has 0 fully saturated rings. The van der Waals surface area contributed by atoms with Gasteiger partial charge in [0.25, 0.3) is 0 Å². The van der Waals surface area contributed by atoms with E-state index in [1.54, 1.807) is 49.4 Å². The minimum Gasteiger partial charge on any atom is -0.489 e. The highest BCUT2D eigenvalue weighted by molar-refractivity contribution is 6.32. The molecule has 0 aliphatic rings. The first-order valence-corrected chi connectivity index (χ1v) is 11.3. The van der Waals surface area contributed by atoms with E-state index in [1.807, 2.05) is 13.8 Å². The quantitative estimate of drug-likeness (QED) is 0.321. The summed E-state index contributed by atoms with van der Waals surface area (Å²) in [5.41, 5.74) is 0.601. The summed E-state index contributed by atoms with van der Waals surface area (Å²) in [6.07, 6.45) is -0.0424. The maximum Gasteiger partial charge on any atom is 0.352 e. The van der Waals surface area contributed by atoms with Gasteiger partial charge in [-0.15, -0.1) is 0 Å². The Labute approximate surface area is 207 Å². The van der Waals surface area contributed by atoms with Gasteiger partial charge in [0.2, 0.25) is 5.95 Å². The lowest BCUT2D eigenvalue weighted by Gasteiger charge is -2.16. The summed E-state index contributed by atoms with van der Waals surface area (Å²) in [6, 6.07) is 12.1. The average molecular weight is 503 g/mol. The molecule has 1 heterocycles. The van der Waals surface area contributed by atoms with Crippen molar-refractivity contribution in [1.29, 1.82) is 0 Å². The zero-order chi connectivity index (χ0) is 24.8. The SMILES string of the molecule is C=C(C(=O)OCC)c1nc(Nc2ccc(OC(C)C)c(Cl)c2)n(Cc2ccc(Cl)cc2)c(=O)n1. The third-order valence-electron chi connectivity index (χ3n) is 4.50. The maximum absolute atomic E-state index is 13.0. The van der Waals surface area contributed by atoms with Crippen LogP contribution in [-0.4, -0.2) is 33.2 Å². The first-order valence-electron chi connectivity index (χ1n) is 10.5. The molecule has 34 heavy (non-hydrogen) atoms. The van der Waals surface area contributed by atoms with Crippen LogP contribution >= 0.6 is 23.2 Å². The van der Waals surface area contributed by atoms with Gasteiger partial charge in [-0.2, -0.15) is 9.97 Å². The second-order valence-corrected chi connectivity index (χ2v) is 8.35. The first-order chi connectivity index (χ1) is 16.2. The molecule has 3 aromatic rings. The molecule has 0 atom stereocenters. The van der Waals surface area contributed by atoms with Gasteiger partial charge in [0.15, 0.2) is 5.82 Å². The van der Waals surface area contributed by atoms with Gasteiger partial charge in [-0.05, 0) is 56.7 Å². The molecule has 0 spiro atoms. The van der Waals surface area contributed by atoms with Crippen molar-refractivity contribution in [3.63, 3.8) is 0 Å². The molecule has 0 aliphatic heterocycles. The van der Waals surface area contributed by atoms with Crippen LogP contribution in [0.5, 0.6) is 5.75 Å². The Hall–Kier alpha value is -3.36. The number of hydrogen-bond acceptors (Lipinski definition) is 7. The summed E-state index contributed by atoms with van der Waals surface area (Å²) >= 11 is 12.3. The Bertz CT molecular complexity index is 1260. The molecule has 0 saturated carbocycles. The van der Waals surface area contributed by atoms with Crippen molar-refractivity contribution in [3.05, 3.63) is 81.0 Å². The molecule has 3 rings (SSSR count). The molecule has 0 aliphatic carbocycles.